The Bertz CT molecular complexity index is 1220. The summed E-state index contributed by atoms with van der Waals surface area (Å²) in [4.78, 5) is 7.04. The molecule has 2 saturated heterocycles. The molecule has 0 bridgehead atoms. The van der Waals surface area contributed by atoms with Crippen molar-refractivity contribution in [1.29, 1.82) is 0 Å². The highest BCUT2D eigenvalue weighted by Crippen LogP contribution is 2.34. The third kappa shape index (κ3) is 4.72. The first-order chi connectivity index (χ1) is 16.0. The largest absolute Gasteiger partial charge is 0.372 e. The third-order valence-electron chi connectivity index (χ3n) is 6.79. The van der Waals surface area contributed by atoms with Crippen molar-refractivity contribution in [3.8, 4) is 11.3 Å². The Labute approximate surface area is 195 Å². The van der Waals surface area contributed by atoms with E-state index >= 15 is 0 Å². The van der Waals surface area contributed by atoms with Crippen molar-refractivity contribution in [1.82, 2.24) is 24.4 Å². The van der Waals surface area contributed by atoms with E-state index in [9.17, 15) is 8.42 Å². The molecule has 0 aliphatic carbocycles. The van der Waals surface area contributed by atoms with Crippen molar-refractivity contribution in [2.24, 2.45) is 5.92 Å². The van der Waals surface area contributed by atoms with Gasteiger partial charge in [0.2, 0.25) is 10.0 Å². The zero-order chi connectivity index (χ0) is 22.8. The van der Waals surface area contributed by atoms with Gasteiger partial charge >= 0.3 is 0 Å². The number of hydrogen-bond acceptors (Lipinski definition) is 5. The number of likely N-dealkylation sites (tertiary alicyclic amines) is 1. The molecule has 7 nitrogen and oxygen atoms in total. The molecule has 0 saturated carbocycles. The maximum absolute atomic E-state index is 13.0. The van der Waals surface area contributed by atoms with Gasteiger partial charge in [0.15, 0.2) is 0 Å². The summed E-state index contributed by atoms with van der Waals surface area (Å²) in [6.45, 7) is 4.21. The van der Waals surface area contributed by atoms with Crippen LogP contribution in [0.2, 0.25) is 0 Å². The van der Waals surface area contributed by atoms with Crippen molar-refractivity contribution < 1.29 is 8.42 Å². The molecule has 2 atom stereocenters. The highest BCUT2D eigenvalue weighted by Gasteiger charge is 2.43. The van der Waals surface area contributed by atoms with E-state index in [4.69, 9.17) is 4.98 Å². The lowest BCUT2D eigenvalue weighted by Gasteiger charge is -2.52. The molecule has 2 unspecified atom stereocenters. The van der Waals surface area contributed by atoms with Crippen LogP contribution in [0.15, 0.2) is 61.1 Å². The predicted molar refractivity (Wildman–Crippen MR) is 130 cm³/mol. The molecule has 0 spiro atoms. The molecule has 2 aliphatic heterocycles. The number of benzene rings is 1. The summed E-state index contributed by atoms with van der Waals surface area (Å²) in [5, 5.41) is 6.83. The molecule has 2 aliphatic rings. The monoisotopic (exact) mass is 463 g/mol. The first kappa shape index (κ1) is 21.9. The zero-order valence-corrected chi connectivity index (χ0v) is 19.6. The Morgan fingerprint density at radius 3 is 2.79 bits per heavy atom. The Hall–Kier alpha value is -2.97. The van der Waals surface area contributed by atoms with Crippen LogP contribution >= 0.6 is 0 Å². The van der Waals surface area contributed by atoms with Crippen LogP contribution in [-0.4, -0.2) is 64.2 Å². The van der Waals surface area contributed by atoms with Crippen LogP contribution in [0, 0.1) is 12.8 Å². The lowest BCUT2D eigenvalue weighted by molar-refractivity contribution is 0.0142. The van der Waals surface area contributed by atoms with E-state index in [-0.39, 0.29) is 11.8 Å². The number of pyridine rings is 1. The number of hydrogen-bond donors (Lipinski definition) is 1. The Kier molecular flexibility index (Phi) is 6.03. The minimum atomic E-state index is -3.27. The highest BCUT2D eigenvalue weighted by atomic mass is 32.2. The van der Waals surface area contributed by atoms with Crippen molar-refractivity contribution in [2.45, 2.75) is 25.8 Å². The van der Waals surface area contributed by atoms with E-state index < -0.39 is 10.0 Å². The smallest absolute Gasteiger partial charge is 0.214 e. The maximum Gasteiger partial charge on any atom is 0.214 e. The number of rotatable bonds is 7. The average molecular weight is 464 g/mol. The van der Waals surface area contributed by atoms with Gasteiger partial charge in [-0.25, -0.2) is 13.4 Å². The Morgan fingerprint density at radius 2 is 2.00 bits per heavy atom. The number of aryl methyl sites for hydroxylation is 2. The first-order valence-electron chi connectivity index (χ1n) is 11.4. The van der Waals surface area contributed by atoms with E-state index in [1.165, 1.54) is 0 Å². The molecule has 8 heteroatoms. The highest BCUT2D eigenvalue weighted by molar-refractivity contribution is 7.89. The number of fused-ring (bicyclic) bond motifs is 1. The van der Waals surface area contributed by atoms with Crippen molar-refractivity contribution in [2.75, 3.05) is 25.4 Å². The number of H-pyrrole nitrogens is 1. The van der Waals surface area contributed by atoms with Gasteiger partial charge in [-0.2, -0.15) is 9.40 Å². The molecule has 3 aromatic rings. The van der Waals surface area contributed by atoms with E-state index in [1.807, 2.05) is 55.6 Å². The summed E-state index contributed by atoms with van der Waals surface area (Å²) in [6.07, 6.45) is 9.19. The lowest BCUT2D eigenvalue weighted by atomic mass is 9.83. The van der Waals surface area contributed by atoms with Crippen LogP contribution in [0.4, 0.5) is 0 Å². The molecule has 1 N–H and O–H groups in total. The summed E-state index contributed by atoms with van der Waals surface area (Å²) in [5.41, 5.74) is 4.91. The summed E-state index contributed by atoms with van der Waals surface area (Å²) < 4.78 is 27.7. The van der Waals surface area contributed by atoms with Crippen molar-refractivity contribution in [3.63, 3.8) is 0 Å². The van der Waals surface area contributed by atoms with Gasteiger partial charge in [0, 0.05) is 43.6 Å². The van der Waals surface area contributed by atoms with Crippen molar-refractivity contribution >= 4 is 16.1 Å². The van der Waals surface area contributed by atoms with E-state index in [0.717, 1.165) is 41.0 Å². The molecule has 172 valence electrons. The summed E-state index contributed by atoms with van der Waals surface area (Å²) in [6, 6.07) is 14.1. The van der Waals surface area contributed by atoms with Crippen LogP contribution in [0.5, 0.6) is 0 Å². The van der Waals surface area contributed by atoms with Gasteiger partial charge in [-0.15, -0.1) is 0 Å². The number of nitrogens with zero attached hydrogens (tertiary/aromatic N) is 4. The topological polar surface area (TPSA) is 82.2 Å². The summed E-state index contributed by atoms with van der Waals surface area (Å²) in [7, 11) is -3.27. The van der Waals surface area contributed by atoms with Crippen LogP contribution in [0.25, 0.3) is 17.3 Å². The van der Waals surface area contributed by atoms with Gasteiger partial charge in [0.05, 0.1) is 23.3 Å². The van der Waals surface area contributed by atoms with Crippen molar-refractivity contribution in [3.05, 3.63) is 77.9 Å². The zero-order valence-electron chi connectivity index (χ0n) is 18.8. The second-order valence-electron chi connectivity index (χ2n) is 8.92. The quantitative estimate of drug-likeness (QED) is 0.581. The number of aromatic nitrogens is 3. The SMILES string of the molecule is Cc1ccc(-c2cn[nH]c2)nc1/C=C\N1CC2CCN(S(=O)(=O)CCc3ccccc3)CC21. The fourth-order valence-corrected chi connectivity index (χ4v) is 6.20. The predicted octanol–water partition coefficient (Wildman–Crippen LogP) is 3.33. The summed E-state index contributed by atoms with van der Waals surface area (Å²) >= 11 is 0. The van der Waals surface area contributed by atoms with E-state index in [2.05, 4.69) is 27.4 Å². The number of piperidine rings is 1. The Morgan fingerprint density at radius 1 is 1.15 bits per heavy atom. The van der Waals surface area contributed by atoms with E-state index in [1.54, 1.807) is 10.5 Å². The molecular formula is C25H29N5O2S. The lowest BCUT2D eigenvalue weighted by Crippen LogP contribution is -2.62. The molecule has 33 heavy (non-hydrogen) atoms. The number of nitrogens with one attached hydrogen (secondary N) is 1. The Balaban J connectivity index is 1.24. The standard InChI is InChI=1S/C25H29N5O2S/c1-19-7-8-24(22-15-26-27-16-22)28-23(19)10-12-29-17-21-9-13-30(18-25(21)29)33(31,32)14-11-20-5-3-2-4-6-20/h2-8,10,12,15-16,21,25H,9,11,13-14,17-18H2,1H3,(H,26,27)/b12-10-. The average Bonchev–Trinajstić information content (AvgIpc) is 3.35. The fourth-order valence-electron chi connectivity index (χ4n) is 4.68. The second-order valence-corrected chi connectivity index (χ2v) is 11.0. The van der Waals surface area contributed by atoms with Crippen LogP contribution < -0.4 is 0 Å². The minimum Gasteiger partial charge on any atom is -0.372 e. The van der Waals surface area contributed by atoms with Gasteiger partial charge in [-0.3, -0.25) is 5.10 Å². The summed E-state index contributed by atoms with van der Waals surface area (Å²) in [5.74, 6) is 0.718. The molecule has 2 aromatic heterocycles. The van der Waals surface area contributed by atoms with E-state index in [0.29, 0.717) is 25.4 Å². The van der Waals surface area contributed by atoms with Crippen LogP contribution in [0.1, 0.15) is 23.2 Å². The first-order valence-corrected chi connectivity index (χ1v) is 13.0. The molecule has 0 amide bonds. The fraction of sp³-hybridized carbons (Fsp3) is 0.360. The number of aromatic amines is 1. The molecule has 4 heterocycles. The van der Waals surface area contributed by atoms with Gasteiger partial charge in [-0.1, -0.05) is 36.4 Å². The third-order valence-corrected chi connectivity index (χ3v) is 8.63. The minimum absolute atomic E-state index is 0.161. The maximum atomic E-state index is 13.0. The van der Waals surface area contributed by atoms with Gasteiger partial charge in [0.1, 0.15) is 0 Å². The van der Waals surface area contributed by atoms with Gasteiger partial charge in [-0.05, 0) is 49.0 Å². The normalized spacial score (nSPS) is 21.2. The van der Waals surface area contributed by atoms with Gasteiger partial charge < -0.3 is 4.90 Å². The molecule has 1 aromatic carbocycles. The molecular weight excluding hydrogens is 434 g/mol. The van der Waals surface area contributed by atoms with Crippen LogP contribution in [-0.2, 0) is 16.4 Å². The van der Waals surface area contributed by atoms with Crippen LogP contribution in [0.3, 0.4) is 0 Å². The number of sulfonamides is 1. The van der Waals surface area contributed by atoms with Gasteiger partial charge in [0.25, 0.3) is 0 Å². The molecule has 5 rings (SSSR count). The molecule has 0 radical (unpaired) electrons. The molecule has 2 fully saturated rings. The second kappa shape index (κ2) is 9.11.